The van der Waals surface area contributed by atoms with Crippen molar-refractivity contribution in [3.63, 3.8) is 0 Å². The van der Waals surface area contributed by atoms with Crippen LogP contribution in [0.2, 0.25) is 5.02 Å². The summed E-state index contributed by atoms with van der Waals surface area (Å²) in [5.41, 5.74) is 8.60. The van der Waals surface area contributed by atoms with Crippen LogP contribution in [-0.2, 0) is 11.8 Å². The summed E-state index contributed by atoms with van der Waals surface area (Å²) < 4.78 is 1.54. The molecule has 1 fully saturated rings. The summed E-state index contributed by atoms with van der Waals surface area (Å²) in [6, 6.07) is 13.2. The van der Waals surface area contributed by atoms with Gasteiger partial charge in [0.1, 0.15) is 0 Å². The summed E-state index contributed by atoms with van der Waals surface area (Å²) in [6.07, 6.45) is 4.13. The van der Waals surface area contributed by atoms with E-state index in [0.717, 1.165) is 35.5 Å². The molecule has 1 atom stereocenters. The predicted octanol–water partition coefficient (Wildman–Crippen LogP) is 4.27. The number of carbonyl (C=O) groups excluding carboxylic acids is 1. The molecule has 1 aliphatic rings. The largest absolute Gasteiger partial charge is 0.399 e. The van der Waals surface area contributed by atoms with E-state index in [4.69, 9.17) is 17.3 Å². The lowest BCUT2D eigenvalue weighted by Crippen LogP contribution is -2.26. The van der Waals surface area contributed by atoms with Gasteiger partial charge in [0.15, 0.2) is 0 Å². The fourth-order valence-corrected chi connectivity index (χ4v) is 3.95. The zero-order valence-corrected chi connectivity index (χ0v) is 18.0. The van der Waals surface area contributed by atoms with E-state index in [1.807, 2.05) is 36.1 Å². The summed E-state index contributed by atoms with van der Waals surface area (Å²) in [7, 11) is 1.73. The number of aryl methyl sites for hydroxylation is 1. The molecule has 0 bridgehead atoms. The molecule has 0 saturated carbocycles. The minimum Gasteiger partial charge on any atom is -0.399 e. The molecule has 1 amide bonds. The van der Waals surface area contributed by atoms with Gasteiger partial charge in [0.25, 0.3) is 5.56 Å². The number of nitrogens with two attached hydrogens (primary N) is 1. The average molecular weight is 424 g/mol. The molecule has 1 aromatic heterocycles. The van der Waals surface area contributed by atoms with Crippen molar-refractivity contribution in [2.45, 2.75) is 19.3 Å². The Hall–Kier alpha value is -3.05. The molecule has 1 saturated heterocycles. The van der Waals surface area contributed by atoms with Crippen molar-refractivity contribution in [2.75, 3.05) is 18.8 Å². The standard InChI is InChI=1S/C14H16ClNO.C10H10N2O/c1-3-14(17)16-8-7-11(9-16)12-5-4-6-13(15)10(12)2;1-12-5-4-7-2-3-8(11)6-9(7)10(12)13/h3-6,11H,1,7-9H2,2H3;2-6H,11H2,1H3. The van der Waals surface area contributed by atoms with Gasteiger partial charge < -0.3 is 15.2 Å². The van der Waals surface area contributed by atoms with Crippen LogP contribution in [0.15, 0.2) is 66.1 Å². The Labute approximate surface area is 181 Å². The van der Waals surface area contributed by atoms with Gasteiger partial charge in [0.05, 0.1) is 0 Å². The molecule has 0 aliphatic carbocycles. The van der Waals surface area contributed by atoms with E-state index in [2.05, 4.69) is 12.6 Å². The monoisotopic (exact) mass is 423 g/mol. The highest BCUT2D eigenvalue weighted by molar-refractivity contribution is 6.31. The second-order valence-electron chi connectivity index (χ2n) is 7.51. The Morgan fingerprint density at radius 1 is 1.27 bits per heavy atom. The van der Waals surface area contributed by atoms with Crippen molar-refractivity contribution < 1.29 is 4.79 Å². The van der Waals surface area contributed by atoms with E-state index in [-0.39, 0.29) is 11.5 Å². The molecule has 2 aromatic carbocycles. The molecule has 156 valence electrons. The molecular weight excluding hydrogens is 398 g/mol. The Bertz CT molecular complexity index is 1150. The predicted molar refractivity (Wildman–Crippen MR) is 124 cm³/mol. The van der Waals surface area contributed by atoms with Crippen molar-refractivity contribution in [2.24, 2.45) is 7.05 Å². The summed E-state index contributed by atoms with van der Waals surface area (Å²) in [4.78, 5) is 25.0. The SMILES string of the molecule is C=CC(=O)N1CCC(c2cccc(Cl)c2C)C1.Cn1ccc2ccc(N)cc2c1=O. The van der Waals surface area contributed by atoms with E-state index in [0.29, 0.717) is 17.0 Å². The van der Waals surface area contributed by atoms with Crippen LogP contribution in [0.3, 0.4) is 0 Å². The van der Waals surface area contributed by atoms with Crippen LogP contribution in [0.1, 0.15) is 23.5 Å². The summed E-state index contributed by atoms with van der Waals surface area (Å²) in [6.45, 7) is 7.14. The normalized spacial score (nSPS) is 15.6. The van der Waals surface area contributed by atoms with E-state index in [1.165, 1.54) is 11.6 Å². The number of rotatable bonds is 2. The number of amides is 1. The van der Waals surface area contributed by atoms with E-state index < -0.39 is 0 Å². The molecule has 4 rings (SSSR count). The van der Waals surface area contributed by atoms with Crippen LogP contribution in [0, 0.1) is 6.92 Å². The second kappa shape index (κ2) is 9.18. The third-order valence-electron chi connectivity index (χ3n) is 5.53. The smallest absolute Gasteiger partial charge is 0.258 e. The van der Waals surface area contributed by atoms with Gasteiger partial charge in [-0.05, 0) is 60.2 Å². The molecule has 3 aromatic rings. The van der Waals surface area contributed by atoms with Crippen LogP contribution in [0.4, 0.5) is 5.69 Å². The van der Waals surface area contributed by atoms with Gasteiger partial charge in [-0.3, -0.25) is 9.59 Å². The van der Waals surface area contributed by atoms with E-state index in [9.17, 15) is 9.59 Å². The first-order valence-electron chi connectivity index (χ1n) is 9.83. The fourth-order valence-electron chi connectivity index (χ4n) is 3.76. The number of carbonyl (C=O) groups is 1. The molecule has 1 unspecified atom stereocenters. The van der Waals surface area contributed by atoms with Gasteiger partial charge in [-0.25, -0.2) is 0 Å². The van der Waals surface area contributed by atoms with Crippen LogP contribution in [0.25, 0.3) is 10.8 Å². The van der Waals surface area contributed by atoms with Gasteiger partial charge in [-0.2, -0.15) is 0 Å². The Morgan fingerprint density at radius 3 is 2.77 bits per heavy atom. The molecule has 2 N–H and O–H groups in total. The van der Waals surface area contributed by atoms with Crippen LogP contribution in [0.5, 0.6) is 0 Å². The number of hydrogen-bond acceptors (Lipinski definition) is 3. The maximum absolute atomic E-state index is 11.6. The summed E-state index contributed by atoms with van der Waals surface area (Å²) in [5, 5.41) is 2.40. The van der Waals surface area contributed by atoms with Crippen molar-refractivity contribution in [3.05, 3.63) is 87.8 Å². The zero-order valence-electron chi connectivity index (χ0n) is 17.3. The van der Waals surface area contributed by atoms with Gasteiger partial charge >= 0.3 is 0 Å². The minimum atomic E-state index is -0.00944. The lowest BCUT2D eigenvalue weighted by Gasteiger charge is -2.16. The number of benzene rings is 2. The number of pyridine rings is 1. The van der Waals surface area contributed by atoms with Crippen molar-refractivity contribution in [1.29, 1.82) is 0 Å². The Kier molecular flexibility index (Phi) is 6.63. The number of hydrogen-bond donors (Lipinski definition) is 1. The number of nitrogen functional groups attached to an aromatic ring is 1. The number of aromatic nitrogens is 1. The number of nitrogens with zero attached hydrogens (tertiary/aromatic N) is 2. The molecule has 5 nitrogen and oxygen atoms in total. The number of halogens is 1. The summed E-state index contributed by atoms with van der Waals surface area (Å²) in [5.74, 6) is 0.421. The van der Waals surface area contributed by atoms with Crippen molar-refractivity contribution in [3.8, 4) is 0 Å². The highest BCUT2D eigenvalue weighted by atomic mass is 35.5. The van der Waals surface area contributed by atoms with Crippen molar-refractivity contribution >= 4 is 34.0 Å². The van der Waals surface area contributed by atoms with Crippen LogP contribution < -0.4 is 11.3 Å². The van der Waals surface area contributed by atoms with Gasteiger partial charge in [0.2, 0.25) is 5.91 Å². The number of likely N-dealkylation sites (tertiary alicyclic amines) is 1. The Balaban J connectivity index is 0.000000177. The molecule has 6 heteroatoms. The zero-order chi connectivity index (χ0) is 21.8. The highest BCUT2D eigenvalue weighted by Gasteiger charge is 2.27. The lowest BCUT2D eigenvalue weighted by atomic mass is 9.94. The van der Waals surface area contributed by atoms with Crippen LogP contribution in [-0.4, -0.2) is 28.5 Å². The van der Waals surface area contributed by atoms with E-state index >= 15 is 0 Å². The second-order valence-corrected chi connectivity index (χ2v) is 7.91. The minimum absolute atomic E-state index is 0.00944. The van der Waals surface area contributed by atoms with Gasteiger partial charge in [0, 0.05) is 48.3 Å². The van der Waals surface area contributed by atoms with Crippen molar-refractivity contribution in [1.82, 2.24) is 9.47 Å². The first-order chi connectivity index (χ1) is 14.3. The Morgan fingerprint density at radius 2 is 2.03 bits per heavy atom. The highest BCUT2D eigenvalue weighted by Crippen LogP contribution is 2.32. The lowest BCUT2D eigenvalue weighted by molar-refractivity contribution is -0.125. The van der Waals surface area contributed by atoms with Gasteiger partial charge in [-0.15, -0.1) is 0 Å². The van der Waals surface area contributed by atoms with Crippen LogP contribution >= 0.6 is 11.6 Å². The third-order valence-corrected chi connectivity index (χ3v) is 5.94. The first-order valence-corrected chi connectivity index (χ1v) is 10.2. The average Bonchev–Trinajstić information content (AvgIpc) is 3.23. The first kappa shape index (κ1) is 21.7. The third kappa shape index (κ3) is 4.57. The number of fused-ring (bicyclic) bond motifs is 1. The van der Waals surface area contributed by atoms with Gasteiger partial charge in [-0.1, -0.05) is 36.4 Å². The molecule has 0 radical (unpaired) electrons. The number of anilines is 1. The molecule has 30 heavy (non-hydrogen) atoms. The topological polar surface area (TPSA) is 68.3 Å². The summed E-state index contributed by atoms with van der Waals surface area (Å²) >= 11 is 6.12. The quantitative estimate of drug-likeness (QED) is 0.494. The maximum atomic E-state index is 11.6. The fraction of sp³-hybridized carbons (Fsp3) is 0.250. The molecule has 0 spiro atoms. The molecule has 2 heterocycles. The van der Waals surface area contributed by atoms with E-state index in [1.54, 1.807) is 29.9 Å². The molecule has 1 aliphatic heterocycles. The maximum Gasteiger partial charge on any atom is 0.258 e. The molecular formula is C24H26ClN3O2.